The van der Waals surface area contributed by atoms with Crippen molar-refractivity contribution in [2.75, 3.05) is 13.1 Å². The second-order valence-electron chi connectivity index (χ2n) is 11.1. The van der Waals surface area contributed by atoms with Crippen LogP contribution in [0.4, 0.5) is 4.79 Å². The first-order valence-electron chi connectivity index (χ1n) is 12.1. The van der Waals surface area contributed by atoms with Gasteiger partial charge in [0.1, 0.15) is 17.2 Å². The third kappa shape index (κ3) is 6.83. The average molecular weight is 501 g/mol. The number of amides is 3. The quantitative estimate of drug-likeness (QED) is 0.594. The lowest BCUT2D eigenvalue weighted by atomic mass is 10.0. The Morgan fingerprint density at radius 3 is 2.31 bits per heavy atom. The monoisotopic (exact) mass is 500 g/mol. The van der Waals surface area contributed by atoms with E-state index in [4.69, 9.17) is 15.2 Å². The number of primary amides is 1. The predicted molar refractivity (Wildman–Crippen MR) is 133 cm³/mol. The van der Waals surface area contributed by atoms with E-state index in [1.165, 1.54) is 4.90 Å². The number of nitrogens with two attached hydrogens (primary N) is 1. The normalized spacial score (nSPS) is 16.8. The molecule has 0 radical (unpaired) electrons. The molecule has 3 amide bonds. The van der Waals surface area contributed by atoms with E-state index in [0.717, 1.165) is 11.3 Å². The topological polar surface area (TPSA) is 132 Å². The van der Waals surface area contributed by atoms with Crippen LogP contribution >= 0.6 is 0 Å². The third-order valence-electron chi connectivity index (χ3n) is 5.72. The van der Waals surface area contributed by atoms with Crippen LogP contribution in [0.1, 0.15) is 82.6 Å². The zero-order chi connectivity index (χ0) is 26.8. The Hall–Kier alpha value is -3.43. The molecule has 0 saturated heterocycles. The number of hydrogen-bond donors (Lipinski definition) is 1. The Morgan fingerprint density at radius 2 is 1.75 bits per heavy atom. The lowest BCUT2D eigenvalue weighted by Crippen LogP contribution is -2.45. The Kier molecular flexibility index (Phi) is 7.76. The first kappa shape index (κ1) is 27.2. The minimum atomic E-state index is -0.945. The fraction of sp³-hybridized carbons (Fsp3) is 0.577. The summed E-state index contributed by atoms with van der Waals surface area (Å²) in [6, 6.07) is 2.53. The number of esters is 1. The molecule has 10 heteroatoms. The fourth-order valence-corrected chi connectivity index (χ4v) is 4.13. The largest absolute Gasteiger partial charge is 0.460 e. The van der Waals surface area contributed by atoms with Gasteiger partial charge in [-0.3, -0.25) is 19.4 Å². The number of ether oxygens (including phenoxy) is 2. The Balaban J connectivity index is 1.68. The van der Waals surface area contributed by atoms with Gasteiger partial charge >= 0.3 is 12.1 Å². The van der Waals surface area contributed by atoms with Crippen molar-refractivity contribution in [1.82, 2.24) is 14.8 Å². The summed E-state index contributed by atoms with van der Waals surface area (Å²) < 4.78 is 10.7. The molecule has 0 fully saturated rings. The lowest BCUT2D eigenvalue weighted by Gasteiger charge is -2.29. The first-order chi connectivity index (χ1) is 16.6. The van der Waals surface area contributed by atoms with Gasteiger partial charge in [0.15, 0.2) is 0 Å². The number of fused-ring (bicyclic) bond motifs is 1. The molecule has 1 aromatic rings. The van der Waals surface area contributed by atoms with Crippen molar-refractivity contribution in [2.24, 2.45) is 5.73 Å². The molecule has 196 valence electrons. The summed E-state index contributed by atoms with van der Waals surface area (Å²) in [4.78, 5) is 57.3. The van der Waals surface area contributed by atoms with Crippen LogP contribution in [0.25, 0.3) is 5.57 Å². The molecular weight excluding hydrogens is 464 g/mol. The maximum atomic E-state index is 13.0. The van der Waals surface area contributed by atoms with Gasteiger partial charge in [-0.2, -0.15) is 0 Å². The minimum Gasteiger partial charge on any atom is -0.460 e. The number of hydrogen-bond acceptors (Lipinski definition) is 7. The zero-order valence-corrected chi connectivity index (χ0v) is 21.9. The molecule has 36 heavy (non-hydrogen) atoms. The molecule has 0 saturated carbocycles. The molecule has 0 spiro atoms. The number of carbonyl (C=O) groups excluding carboxylic acids is 4. The SMILES string of the molecule is CC(C)(C)OC(=O)CCC(C(N)=O)N1Cc2nc(C3=CCN(C(=O)OC(C)(C)C)CC3)ccc2C1=O. The summed E-state index contributed by atoms with van der Waals surface area (Å²) in [6.07, 6.45) is 2.21. The maximum absolute atomic E-state index is 13.0. The number of aromatic nitrogens is 1. The smallest absolute Gasteiger partial charge is 0.410 e. The highest BCUT2D eigenvalue weighted by Crippen LogP contribution is 2.29. The van der Waals surface area contributed by atoms with Gasteiger partial charge in [0, 0.05) is 19.5 Å². The third-order valence-corrected chi connectivity index (χ3v) is 5.72. The molecule has 2 N–H and O–H groups in total. The van der Waals surface area contributed by atoms with Crippen LogP contribution in [0.2, 0.25) is 0 Å². The van der Waals surface area contributed by atoms with E-state index in [1.54, 1.807) is 37.8 Å². The molecule has 1 atom stereocenters. The van der Waals surface area contributed by atoms with E-state index < -0.39 is 29.1 Å². The Morgan fingerprint density at radius 1 is 1.08 bits per heavy atom. The summed E-state index contributed by atoms with van der Waals surface area (Å²) in [7, 11) is 0. The Labute approximate surface area is 211 Å². The van der Waals surface area contributed by atoms with E-state index in [9.17, 15) is 19.2 Å². The van der Waals surface area contributed by atoms with E-state index in [1.807, 2.05) is 26.8 Å². The molecule has 2 aliphatic rings. The molecule has 1 aromatic heterocycles. The van der Waals surface area contributed by atoms with Crippen LogP contribution in [0, 0.1) is 0 Å². The summed E-state index contributed by atoms with van der Waals surface area (Å²) in [6.45, 7) is 11.8. The van der Waals surface area contributed by atoms with Gasteiger partial charge in [-0.15, -0.1) is 0 Å². The molecule has 2 aliphatic heterocycles. The summed E-state index contributed by atoms with van der Waals surface area (Å²) in [5.74, 6) is -1.48. The maximum Gasteiger partial charge on any atom is 0.410 e. The number of carbonyl (C=O) groups is 4. The molecule has 3 rings (SSSR count). The second-order valence-corrected chi connectivity index (χ2v) is 11.1. The minimum absolute atomic E-state index is 0.0370. The second kappa shape index (κ2) is 10.3. The highest BCUT2D eigenvalue weighted by Gasteiger charge is 2.37. The van der Waals surface area contributed by atoms with E-state index in [-0.39, 0.29) is 31.4 Å². The molecule has 1 unspecified atom stereocenters. The van der Waals surface area contributed by atoms with E-state index in [0.29, 0.717) is 30.8 Å². The zero-order valence-electron chi connectivity index (χ0n) is 21.9. The predicted octanol–water partition coefficient (Wildman–Crippen LogP) is 3.04. The van der Waals surface area contributed by atoms with Gasteiger partial charge in [-0.05, 0) is 72.1 Å². The van der Waals surface area contributed by atoms with Crippen molar-refractivity contribution in [3.63, 3.8) is 0 Å². The molecule has 0 aliphatic carbocycles. The van der Waals surface area contributed by atoms with Crippen LogP contribution in [0.15, 0.2) is 18.2 Å². The van der Waals surface area contributed by atoms with Gasteiger partial charge in [-0.25, -0.2) is 4.79 Å². The standard InChI is InChI=1S/C26H36N4O6/c1-25(2,3)35-21(31)10-9-20(22(27)32)30-15-19-17(23(30)33)7-8-18(28-19)16-11-13-29(14-12-16)24(34)36-26(4,5)6/h7-8,11,20H,9-10,12-15H2,1-6H3,(H2,27,32). The number of nitrogens with zero attached hydrogens (tertiary/aromatic N) is 3. The van der Waals surface area contributed by atoms with E-state index >= 15 is 0 Å². The van der Waals surface area contributed by atoms with Gasteiger partial charge < -0.3 is 25.0 Å². The fourth-order valence-electron chi connectivity index (χ4n) is 4.13. The van der Waals surface area contributed by atoms with Crippen molar-refractivity contribution >= 4 is 29.5 Å². The van der Waals surface area contributed by atoms with Gasteiger partial charge in [-0.1, -0.05) is 6.08 Å². The Bertz CT molecular complexity index is 1080. The molecule has 0 bridgehead atoms. The average Bonchev–Trinajstić information content (AvgIpc) is 3.07. The van der Waals surface area contributed by atoms with Crippen LogP contribution in [-0.2, 0) is 25.6 Å². The molecule has 10 nitrogen and oxygen atoms in total. The summed E-state index contributed by atoms with van der Waals surface area (Å²) >= 11 is 0. The van der Waals surface area contributed by atoms with Crippen LogP contribution in [0.5, 0.6) is 0 Å². The van der Waals surface area contributed by atoms with Crippen LogP contribution in [-0.4, -0.2) is 69.0 Å². The van der Waals surface area contributed by atoms with Gasteiger partial charge in [0.2, 0.25) is 5.91 Å². The van der Waals surface area contributed by atoms with Crippen LogP contribution < -0.4 is 5.73 Å². The van der Waals surface area contributed by atoms with Crippen molar-refractivity contribution in [3.05, 3.63) is 35.2 Å². The van der Waals surface area contributed by atoms with Crippen molar-refractivity contribution in [1.29, 1.82) is 0 Å². The molecular formula is C26H36N4O6. The van der Waals surface area contributed by atoms with Gasteiger partial charge in [0.05, 0.1) is 23.5 Å². The highest BCUT2D eigenvalue weighted by molar-refractivity contribution is 6.00. The molecule has 3 heterocycles. The van der Waals surface area contributed by atoms with Crippen LogP contribution in [0.3, 0.4) is 0 Å². The summed E-state index contributed by atoms with van der Waals surface area (Å²) in [5.41, 5.74) is 7.05. The van der Waals surface area contributed by atoms with Crippen molar-refractivity contribution in [3.8, 4) is 0 Å². The number of pyridine rings is 1. The first-order valence-corrected chi connectivity index (χ1v) is 12.1. The van der Waals surface area contributed by atoms with Crippen molar-refractivity contribution < 1.29 is 28.7 Å². The highest BCUT2D eigenvalue weighted by atomic mass is 16.6. The van der Waals surface area contributed by atoms with Crippen molar-refractivity contribution in [2.45, 2.75) is 84.6 Å². The van der Waals surface area contributed by atoms with Gasteiger partial charge in [0.25, 0.3) is 5.91 Å². The number of rotatable bonds is 6. The van der Waals surface area contributed by atoms with E-state index in [2.05, 4.69) is 4.98 Å². The lowest BCUT2D eigenvalue weighted by molar-refractivity contribution is -0.155. The summed E-state index contributed by atoms with van der Waals surface area (Å²) in [5, 5.41) is 0. The molecule has 0 aromatic carbocycles.